The van der Waals surface area contributed by atoms with Crippen molar-refractivity contribution < 1.29 is 24.9 Å². The second kappa shape index (κ2) is 4.38. The molecule has 138 valence electrons. The van der Waals surface area contributed by atoms with Crippen LogP contribution in [0.1, 0.15) is 46.0 Å². The van der Waals surface area contributed by atoms with Crippen LogP contribution < -0.4 is 0 Å². The molecule has 1 heterocycles. The van der Waals surface area contributed by atoms with Crippen molar-refractivity contribution in [2.24, 2.45) is 34.0 Å². The number of carbonyl (C=O) groups excluding carboxylic acids is 1. The molecule has 8 atom stereocenters. The standard InChI is InChI=1S/C20H28O5/c1-10-11-8-19(24)16-18(9-25-19)6-4-5-17(2,3)12(18)7-13(21)20(16,14(10)22)15(11)23/h11-13,15-16,21,23-24H,1,4-9H2,2-3H3/t11-,12+,13+,15+,16+,18-,19+,20+/m0/s1. The number of aliphatic hydroxyl groups excluding tert-OH is 2. The topological polar surface area (TPSA) is 87.0 Å². The van der Waals surface area contributed by atoms with Gasteiger partial charge in [-0.2, -0.15) is 0 Å². The van der Waals surface area contributed by atoms with Crippen LogP contribution in [0, 0.1) is 34.0 Å². The van der Waals surface area contributed by atoms with E-state index in [1.165, 1.54) is 0 Å². The van der Waals surface area contributed by atoms with E-state index in [4.69, 9.17) is 4.74 Å². The Balaban J connectivity index is 1.77. The van der Waals surface area contributed by atoms with Crippen LogP contribution in [-0.2, 0) is 9.53 Å². The highest BCUT2D eigenvalue weighted by molar-refractivity contribution is 6.04. The van der Waals surface area contributed by atoms with Gasteiger partial charge in [0.15, 0.2) is 11.6 Å². The minimum atomic E-state index is -1.45. The molecule has 5 nitrogen and oxygen atoms in total. The highest BCUT2D eigenvalue weighted by Gasteiger charge is 2.82. The van der Waals surface area contributed by atoms with E-state index in [1.54, 1.807) is 0 Å². The van der Waals surface area contributed by atoms with Gasteiger partial charge in [0.25, 0.3) is 0 Å². The summed E-state index contributed by atoms with van der Waals surface area (Å²) < 4.78 is 6.02. The van der Waals surface area contributed by atoms with Gasteiger partial charge in [-0.1, -0.05) is 26.8 Å². The van der Waals surface area contributed by atoms with Crippen LogP contribution in [0.3, 0.4) is 0 Å². The molecule has 4 saturated carbocycles. The summed E-state index contributed by atoms with van der Waals surface area (Å²) in [5.41, 5.74) is -1.35. The molecule has 0 aromatic rings. The van der Waals surface area contributed by atoms with Gasteiger partial charge < -0.3 is 20.1 Å². The summed E-state index contributed by atoms with van der Waals surface area (Å²) in [6, 6.07) is 0. The zero-order chi connectivity index (χ0) is 18.0. The molecule has 25 heavy (non-hydrogen) atoms. The number of ether oxygens (including phenoxy) is 1. The number of hydrogen-bond donors (Lipinski definition) is 3. The minimum Gasteiger partial charge on any atom is -0.392 e. The van der Waals surface area contributed by atoms with Crippen LogP contribution in [0.25, 0.3) is 0 Å². The molecule has 3 N–H and O–H groups in total. The number of rotatable bonds is 0. The molecule has 0 aromatic carbocycles. The average Bonchev–Trinajstić information content (AvgIpc) is 2.89. The average molecular weight is 348 g/mol. The fourth-order valence-corrected chi connectivity index (χ4v) is 7.89. The summed E-state index contributed by atoms with van der Waals surface area (Å²) in [6.07, 6.45) is 1.69. The van der Waals surface area contributed by atoms with E-state index in [0.29, 0.717) is 18.6 Å². The van der Waals surface area contributed by atoms with E-state index in [-0.39, 0.29) is 29.0 Å². The van der Waals surface area contributed by atoms with Crippen LogP contribution in [0.5, 0.6) is 0 Å². The van der Waals surface area contributed by atoms with Gasteiger partial charge in [-0.25, -0.2) is 0 Å². The Morgan fingerprint density at radius 3 is 2.68 bits per heavy atom. The first kappa shape index (κ1) is 16.4. The van der Waals surface area contributed by atoms with E-state index in [0.717, 1.165) is 19.3 Å². The highest BCUT2D eigenvalue weighted by atomic mass is 16.6. The molecule has 1 aliphatic heterocycles. The first-order valence-corrected chi connectivity index (χ1v) is 9.57. The predicted octanol–water partition coefficient (Wildman–Crippen LogP) is 1.40. The summed E-state index contributed by atoms with van der Waals surface area (Å²) in [4.78, 5) is 13.3. The number of fused-ring (bicyclic) bond motifs is 1. The Hall–Kier alpha value is -0.750. The van der Waals surface area contributed by atoms with Gasteiger partial charge in [-0.05, 0) is 36.2 Å². The number of Topliss-reactive ketones (excluding diaryl/α,β-unsaturated/α-hetero) is 1. The maximum absolute atomic E-state index is 13.3. The Kier molecular flexibility index (Phi) is 2.88. The van der Waals surface area contributed by atoms with Crippen molar-refractivity contribution in [1.29, 1.82) is 0 Å². The monoisotopic (exact) mass is 348 g/mol. The van der Waals surface area contributed by atoms with Crippen molar-refractivity contribution in [2.45, 2.75) is 63.9 Å². The van der Waals surface area contributed by atoms with Crippen LogP contribution in [-0.4, -0.2) is 45.7 Å². The van der Waals surface area contributed by atoms with Gasteiger partial charge in [0.05, 0.1) is 24.2 Å². The van der Waals surface area contributed by atoms with Crippen LogP contribution in [0.2, 0.25) is 0 Å². The molecule has 0 amide bonds. The number of ketones is 1. The molecule has 2 spiro atoms. The smallest absolute Gasteiger partial charge is 0.170 e. The molecule has 2 bridgehead atoms. The predicted molar refractivity (Wildman–Crippen MR) is 89.3 cm³/mol. The van der Waals surface area contributed by atoms with Crippen molar-refractivity contribution in [3.63, 3.8) is 0 Å². The van der Waals surface area contributed by atoms with Gasteiger partial charge in [0.1, 0.15) is 0 Å². The highest BCUT2D eigenvalue weighted by Crippen LogP contribution is 2.75. The first-order valence-electron chi connectivity index (χ1n) is 9.57. The van der Waals surface area contributed by atoms with Crippen molar-refractivity contribution in [3.8, 4) is 0 Å². The van der Waals surface area contributed by atoms with Gasteiger partial charge in [-0.15, -0.1) is 0 Å². The summed E-state index contributed by atoms with van der Waals surface area (Å²) in [7, 11) is 0. The lowest BCUT2D eigenvalue weighted by atomic mass is 9.39. The molecule has 5 heteroatoms. The number of hydrogen-bond acceptors (Lipinski definition) is 5. The lowest BCUT2D eigenvalue weighted by Gasteiger charge is -2.64. The zero-order valence-electron chi connectivity index (χ0n) is 15.0. The van der Waals surface area contributed by atoms with Crippen molar-refractivity contribution in [3.05, 3.63) is 12.2 Å². The van der Waals surface area contributed by atoms with Gasteiger partial charge in [-0.3, -0.25) is 4.79 Å². The Morgan fingerprint density at radius 2 is 1.96 bits per heavy atom. The largest absolute Gasteiger partial charge is 0.392 e. The van der Waals surface area contributed by atoms with E-state index >= 15 is 0 Å². The molecule has 5 fully saturated rings. The maximum Gasteiger partial charge on any atom is 0.170 e. The fourth-order valence-electron chi connectivity index (χ4n) is 7.89. The molecule has 4 aliphatic carbocycles. The SMILES string of the molecule is C=C1C(=O)[C@]23[C@H](O)C[C@@H]4C(C)(C)CCC[C@]45CO[C@](O)(C[C@@H]1[C@H]2O)[C@@H]53. The molecule has 0 radical (unpaired) electrons. The zero-order valence-corrected chi connectivity index (χ0v) is 15.0. The normalized spacial score (nSPS) is 58.8. The summed E-state index contributed by atoms with van der Waals surface area (Å²) in [5, 5.41) is 33.7. The summed E-state index contributed by atoms with van der Waals surface area (Å²) in [6.45, 7) is 8.76. The molecule has 0 aromatic heterocycles. The maximum atomic E-state index is 13.3. The third kappa shape index (κ3) is 1.51. The van der Waals surface area contributed by atoms with Crippen molar-refractivity contribution in [2.75, 3.05) is 6.61 Å². The lowest BCUT2D eigenvalue weighted by molar-refractivity contribution is -0.293. The van der Waals surface area contributed by atoms with Crippen LogP contribution in [0.4, 0.5) is 0 Å². The molecular formula is C20H28O5. The second-order valence-corrected chi connectivity index (χ2v) is 9.99. The quantitative estimate of drug-likeness (QED) is 0.576. The van der Waals surface area contributed by atoms with E-state index in [2.05, 4.69) is 20.4 Å². The summed E-state index contributed by atoms with van der Waals surface area (Å²) in [5.74, 6) is -2.61. The third-order valence-corrected chi connectivity index (χ3v) is 8.72. The van der Waals surface area contributed by atoms with E-state index < -0.39 is 35.2 Å². The number of aliphatic hydroxyl groups is 3. The van der Waals surface area contributed by atoms with Crippen molar-refractivity contribution in [1.82, 2.24) is 0 Å². The lowest BCUT2D eigenvalue weighted by Crippen LogP contribution is -2.71. The van der Waals surface area contributed by atoms with E-state index in [1.807, 2.05) is 0 Å². The molecular weight excluding hydrogens is 320 g/mol. The first-order chi connectivity index (χ1) is 11.6. The minimum absolute atomic E-state index is 0.00983. The third-order valence-electron chi connectivity index (χ3n) is 8.72. The molecule has 5 rings (SSSR count). The summed E-state index contributed by atoms with van der Waals surface area (Å²) >= 11 is 0. The van der Waals surface area contributed by atoms with Gasteiger partial charge in [0.2, 0.25) is 0 Å². The molecule has 5 aliphatic rings. The van der Waals surface area contributed by atoms with E-state index in [9.17, 15) is 20.1 Å². The Labute approximate surface area is 148 Å². The van der Waals surface area contributed by atoms with Crippen LogP contribution in [0.15, 0.2) is 12.2 Å². The second-order valence-electron chi connectivity index (χ2n) is 9.99. The van der Waals surface area contributed by atoms with Crippen molar-refractivity contribution >= 4 is 5.78 Å². The molecule has 1 saturated heterocycles. The number of carbonyl (C=O) groups is 1. The molecule has 0 unspecified atom stereocenters. The van der Waals surface area contributed by atoms with Gasteiger partial charge >= 0.3 is 0 Å². The fraction of sp³-hybridized carbons (Fsp3) is 0.850. The Morgan fingerprint density at radius 1 is 1.24 bits per heavy atom. The van der Waals surface area contributed by atoms with Gasteiger partial charge in [0, 0.05) is 23.7 Å². The Bertz CT molecular complexity index is 686. The van der Waals surface area contributed by atoms with Crippen LogP contribution >= 0.6 is 0 Å².